The summed E-state index contributed by atoms with van der Waals surface area (Å²) in [4.78, 5) is 39.7. The number of rotatable bonds is 8. The Morgan fingerprint density at radius 1 is 0.944 bits per heavy atom. The van der Waals surface area contributed by atoms with Crippen LogP contribution in [0, 0.1) is 6.92 Å². The number of nitrogens with zero attached hydrogens (tertiary/aromatic N) is 1. The summed E-state index contributed by atoms with van der Waals surface area (Å²) in [5.41, 5.74) is 3.09. The zero-order chi connectivity index (χ0) is 25.8. The summed E-state index contributed by atoms with van der Waals surface area (Å²) < 4.78 is 12.2. The van der Waals surface area contributed by atoms with Crippen molar-refractivity contribution in [2.75, 3.05) is 19.5 Å². The van der Waals surface area contributed by atoms with Crippen LogP contribution in [0.2, 0.25) is 0 Å². The van der Waals surface area contributed by atoms with Gasteiger partial charge in [0.2, 0.25) is 11.3 Å². The molecule has 3 aromatic carbocycles. The van der Waals surface area contributed by atoms with Gasteiger partial charge in [-0.25, -0.2) is 0 Å². The van der Waals surface area contributed by atoms with E-state index in [9.17, 15) is 14.4 Å². The van der Waals surface area contributed by atoms with Crippen molar-refractivity contribution in [1.29, 1.82) is 0 Å². The molecule has 0 spiro atoms. The van der Waals surface area contributed by atoms with E-state index in [-0.39, 0.29) is 29.2 Å². The molecule has 0 aliphatic carbocycles. The third kappa shape index (κ3) is 5.00. The molecule has 1 heterocycles. The number of ketones is 1. The molecule has 4 rings (SSSR count). The highest BCUT2D eigenvalue weighted by molar-refractivity contribution is 6.10. The Hall–Kier alpha value is -4.39. The van der Waals surface area contributed by atoms with E-state index in [1.165, 1.54) is 20.4 Å². The maximum atomic E-state index is 13.3. The molecule has 0 saturated carbocycles. The molecular weight excluding hydrogens is 456 g/mol. The quantitative estimate of drug-likeness (QED) is 0.365. The highest BCUT2D eigenvalue weighted by Crippen LogP contribution is 2.29. The number of hydrogen-bond donors (Lipinski definition) is 1. The lowest BCUT2D eigenvalue weighted by atomic mass is 10.00. The van der Waals surface area contributed by atoms with Crippen LogP contribution in [-0.2, 0) is 17.8 Å². The molecule has 4 aromatic rings. The fraction of sp³-hybridized carbons (Fsp3) is 0.207. The number of carbonyl (C=O) groups is 2. The van der Waals surface area contributed by atoms with Gasteiger partial charge in [-0.05, 0) is 43.2 Å². The van der Waals surface area contributed by atoms with E-state index < -0.39 is 0 Å². The van der Waals surface area contributed by atoms with E-state index in [0.717, 1.165) is 17.5 Å². The molecule has 0 fully saturated rings. The van der Waals surface area contributed by atoms with Gasteiger partial charge in [-0.1, -0.05) is 42.8 Å². The minimum Gasteiger partial charge on any atom is -0.497 e. The average molecular weight is 485 g/mol. The standard InChI is InChI=1S/C29H28N2O5/c1-5-19-7-9-20(10-8-19)28(33)23-16-31(25-12-6-18(2)14-22(25)29(23)34)17-27(32)30-24-15-21(35-3)11-13-26(24)36-4/h6-16H,5,17H2,1-4H3,(H,30,32). The highest BCUT2D eigenvalue weighted by atomic mass is 16.5. The Morgan fingerprint density at radius 2 is 1.69 bits per heavy atom. The van der Waals surface area contributed by atoms with E-state index in [4.69, 9.17) is 9.47 Å². The maximum Gasteiger partial charge on any atom is 0.244 e. The zero-order valence-corrected chi connectivity index (χ0v) is 20.8. The smallest absolute Gasteiger partial charge is 0.244 e. The van der Waals surface area contributed by atoms with Crippen LogP contribution < -0.4 is 20.2 Å². The van der Waals surface area contributed by atoms with Crippen LogP contribution in [0.1, 0.15) is 34.0 Å². The number of aryl methyl sites for hydroxylation is 2. The first-order valence-corrected chi connectivity index (χ1v) is 11.6. The number of aromatic nitrogens is 1. The van der Waals surface area contributed by atoms with Crippen molar-refractivity contribution in [3.05, 3.63) is 99.3 Å². The molecule has 0 radical (unpaired) electrons. The van der Waals surface area contributed by atoms with Crippen LogP contribution in [0.25, 0.3) is 10.9 Å². The van der Waals surface area contributed by atoms with Crippen molar-refractivity contribution in [3.8, 4) is 11.5 Å². The van der Waals surface area contributed by atoms with Crippen LogP contribution in [0.5, 0.6) is 11.5 Å². The van der Waals surface area contributed by atoms with Crippen molar-refractivity contribution in [2.24, 2.45) is 0 Å². The fourth-order valence-electron chi connectivity index (χ4n) is 4.11. The Balaban J connectivity index is 1.74. The van der Waals surface area contributed by atoms with Crippen molar-refractivity contribution < 1.29 is 19.1 Å². The zero-order valence-electron chi connectivity index (χ0n) is 20.8. The lowest BCUT2D eigenvalue weighted by Gasteiger charge is -2.15. The van der Waals surface area contributed by atoms with Crippen molar-refractivity contribution in [2.45, 2.75) is 26.8 Å². The molecule has 0 aliphatic heterocycles. The van der Waals surface area contributed by atoms with Crippen LogP contribution in [0.4, 0.5) is 5.69 Å². The summed E-state index contributed by atoms with van der Waals surface area (Å²) in [6.07, 6.45) is 2.32. The maximum absolute atomic E-state index is 13.3. The molecular formula is C29H28N2O5. The number of anilines is 1. The molecule has 1 N–H and O–H groups in total. The third-order valence-corrected chi connectivity index (χ3v) is 6.10. The molecule has 0 bridgehead atoms. The lowest BCUT2D eigenvalue weighted by molar-refractivity contribution is -0.116. The summed E-state index contributed by atoms with van der Waals surface area (Å²) in [5.74, 6) is 0.320. The number of benzene rings is 3. The van der Waals surface area contributed by atoms with Gasteiger partial charge in [-0.2, -0.15) is 0 Å². The molecule has 1 aromatic heterocycles. The first kappa shape index (κ1) is 24.7. The van der Waals surface area contributed by atoms with Crippen molar-refractivity contribution in [3.63, 3.8) is 0 Å². The summed E-state index contributed by atoms with van der Waals surface area (Å²) in [6.45, 7) is 3.80. The molecule has 184 valence electrons. The van der Waals surface area contributed by atoms with Gasteiger partial charge in [0.1, 0.15) is 18.0 Å². The predicted molar refractivity (Wildman–Crippen MR) is 140 cm³/mol. The van der Waals surface area contributed by atoms with E-state index in [2.05, 4.69) is 5.32 Å². The Bertz CT molecular complexity index is 1500. The van der Waals surface area contributed by atoms with Gasteiger partial charge in [0, 0.05) is 23.2 Å². The van der Waals surface area contributed by atoms with Gasteiger partial charge >= 0.3 is 0 Å². The van der Waals surface area contributed by atoms with Gasteiger partial charge in [-0.3, -0.25) is 14.4 Å². The number of amides is 1. The van der Waals surface area contributed by atoms with Crippen LogP contribution >= 0.6 is 0 Å². The van der Waals surface area contributed by atoms with Crippen molar-refractivity contribution in [1.82, 2.24) is 4.57 Å². The molecule has 0 unspecified atom stereocenters. The Morgan fingerprint density at radius 3 is 2.36 bits per heavy atom. The molecule has 36 heavy (non-hydrogen) atoms. The number of methoxy groups -OCH3 is 2. The van der Waals surface area contributed by atoms with Gasteiger partial charge in [0.15, 0.2) is 5.78 Å². The summed E-state index contributed by atoms with van der Waals surface area (Å²) in [7, 11) is 3.05. The van der Waals surface area contributed by atoms with E-state index in [0.29, 0.717) is 33.7 Å². The second kappa shape index (κ2) is 10.5. The Kier molecular flexibility index (Phi) is 7.20. The van der Waals surface area contributed by atoms with E-state index >= 15 is 0 Å². The number of ether oxygens (including phenoxy) is 2. The second-order valence-corrected chi connectivity index (χ2v) is 8.51. The van der Waals surface area contributed by atoms with Crippen molar-refractivity contribution >= 4 is 28.3 Å². The largest absolute Gasteiger partial charge is 0.497 e. The highest BCUT2D eigenvalue weighted by Gasteiger charge is 2.19. The summed E-state index contributed by atoms with van der Waals surface area (Å²) >= 11 is 0. The number of hydrogen-bond acceptors (Lipinski definition) is 5. The predicted octanol–water partition coefficient (Wildman–Crippen LogP) is 4.76. The van der Waals surface area contributed by atoms with Gasteiger partial charge in [-0.15, -0.1) is 0 Å². The molecule has 7 nitrogen and oxygen atoms in total. The molecule has 0 aliphatic rings. The number of fused-ring (bicyclic) bond motifs is 1. The fourth-order valence-corrected chi connectivity index (χ4v) is 4.11. The summed E-state index contributed by atoms with van der Waals surface area (Å²) in [5, 5.41) is 3.23. The van der Waals surface area contributed by atoms with Crippen LogP contribution in [0.15, 0.2) is 71.7 Å². The first-order valence-electron chi connectivity index (χ1n) is 11.6. The minimum atomic E-state index is -0.380. The SMILES string of the molecule is CCc1ccc(C(=O)c2cn(CC(=O)Nc3cc(OC)ccc3OC)c3ccc(C)cc3c2=O)cc1. The van der Waals surface area contributed by atoms with Gasteiger partial charge in [0.05, 0.1) is 31.0 Å². The number of nitrogens with one attached hydrogen (secondary N) is 1. The normalized spacial score (nSPS) is 10.8. The van der Waals surface area contributed by atoms with E-state index in [1.807, 2.05) is 32.0 Å². The second-order valence-electron chi connectivity index (χ2n) is 8.51. The average Bonchev–Trinajstić information content (AvgIpc) is 2.89. The van der Waals surface area contributed by atoms with Gasteiger partial charge in [0.25, 0.3) is 0 Å². The Labute approximate surface area is 209 Å². The molecule has 1 amide bonds. The molecule has 7 heteroatoms. The van der Waals surface area contributed by atoms with E-state index in [1.54, 1.807) is 47.0 Å². The molecule has 0 saturated heterocycles. The third-order valence-electron chi connectivity index (χ3n) is 6.10. The monoisotopic (exact) mass is 484 g/mol. The van der Waals surface area contributed by atoms with Gasteiger partial charge < -0.3 is 19.4 Å². The molecule has 0 atom stereocenters. The van der Waals surface area contributed by atoms with Crippen LogP contribution in [-0.4, -0.2) is 30.5 Å². The summed E-state index contributed by atoms with van der Waals surface area (Å²) in [6, 6.07) is 17.7. The lowest BCUT2D eigenvalue weighted by Crippen LogP contribution is -2.24. The number of pyridine rings is 1. The minimum absolute atomic E-state index is 0.0177. The van der Waals surface area contributed by atoms with Crippen LogP contribution in [0.3, 0.4) is 0 Å². The topological polar surface area (TPSA) is 86.6 Å². The first-order chi connectivity index (χ1) is 17.3. The number of carbonyl (C=O) groups excluding carboxylic acids is 2.